The summed E-state index contributed by atoms with van der Waals surface area (Å²) >= 11 is 0. The molecule has 0 radical (unpaired) electrons. The number of carbonyl (C=O) groups is 1. The highest BCUT2D eigenvalue weighted by Crippen LogP contribution is 2.33. The Morgan fingerprint density at radius 2 is 1.79 bits per heavy atom. The van der Waals surface area contributed by atoms with Crippen LogP contribution in [0.2, 0.25) is 0 Å². The van der Waals surface area contributed by atoms with Gasteiger partial charge in [0.2, 0.25) is 5.91 Å². The zero-order chi connectivity index (χ0) is 18.0. The Kier molecular flexibility index (Phi) is 5.27. The highest BCUT2D eigenvalue weighted by atomic mass is 19.4. The van der Waals surface area contributed by atoms with Crippen LogP contribution in [0.3, 0.4) is 0 Å². The number of carbonyl (C=O) groups excluding carboxylic acids is 1. The smallest absolute Gasteiger partial charge is 0.417 e. The number of hydrogen-bond donors (Lipinski definition) is 1. The van der Waals surface area contributed by atoms with E-state index in [1.165, 1.54) is 4.90 Å². The molecule has 0 bridgehead atoms. The first kappa shape index (κ1) is 18.4. The van der Waals surface area contributed by atoms with Gasteiger partial charge in [-0.2, -0.15) is 13.2 Å². The molecule has 0 aliphatic carbocycles. The van der Waals surface area contributed by atoms with Crippen molar-refractivity contribution in [2.75, 3.05) is 38.2 Å². The Balaban J connectivity index is 1.96. The third-order valence-electron chi connectivity index (χ3n) is 4.16. The van der Waals surface area contributed by atoms with Crippen LogP contribution >= 0.6 is 0 Å². The molecule has 1 aromatic rings. The monoisotopic (exact) mass is 346 g/mol. The van der Waals surface area contributed by atoms with E-state index in [0.717, 1.165) is 5.69 Å². The van der Waals surface area contributed by atoms with Gasteiger partial charge in [0.25, 0.3) is 0 Å². The Bertz CT molecular complexity index is 582. The summed E-state index contributed by atoms with van der Waals surface area (Å²) in [6, 6.07) is 7.44. The standard InChI is InChI=1S/C16H21F3N2O3/c1-15(23,16(17,18)19)11-14(22)21-9-7-20(8-10-21)12-5-3-4-6-13(12)24-2/h3-6,23H,7-11H2,1-2H3/t15-/m0/s1. The summed E-state index contributed by atoms with van der Waals surface area (Å²) in [5, 5.41) is 9.45. The van der Waals surface area contributed by atoms with Crippen LogP contribution in [0.15, 0.2) is 24.3 Å². The van der Waals surface area contributed by atoms with Crippen LogP contribution in [0.1, 0.15) is 13.3 Å². The molecule has 1 aliphatic heterocycles. The summed E-state index contributed by atoms with van der Waals surface area (Å²) in [6.45, 7) is 2.19. The van der Waals surface area contributed by atoms with Gasteiger partial charge in [-0.1, -0.05) is 12.1 Å². The molecule has 0 aromatic heterocycles. The van der Waals surface area contributed by atoms with Gasteiger partial charge in [0.1, 0.15) is 5.75 Å². The molecule has 1 atom stereocenters. The normalized spacial score (nSPS) is 18.2. The number of halogens is 3. The molecular formula is C16H21F3N2O3. The molecule has 1 saturated heterocycles. The van der Waals surface area contributed by atoms with Crippen molar-refractivity contribution >= 4 is 11.6 Å². The van der Waals surface area contributed by atoms with E-state index in [1.54, 1.807) is 7.11 Å². The quantitative estimate of drug-likeness (QED) is 0.907. The lowest BCUT2D eigenvalue weighted by Gasteiger charge is -2.37. The molecule has 0 unspecified atom stereocenters. The number of rotatable bonds is 4. The molecule has 0 spiro atoms. The lowest BCUT2D eigenvalue weighted by atomic mass is 10.0. The molecule has 0 saturated carbocycles. The minimum atomic E-state index is -4.83. The Morgan fingerprint density at radius 3 is 2.33 bits per heavy atom. The fraction of sp³-hybridized carbons (Fsp3) is 0.562. The number of aliphatic hydroxyl groups is 1. The maximum atomic E-state index is 12.7. The number of amides is 1. The van der Waals surface area contributed by atoms with Crippen molar-refractivity contribution in [3.63, 3.8) is 0 Å². The average Bonchev–Trinajstić information content (AvgIpc) is 2.53. The van der Waals surface area contributed by atoms with Gasteiger partial charge < -0.3 is 19.6 Å². The Morgan fingerprint density at radius 1 is 1.21 bits per heavy atom. The van der Waals surface area contributed by atoms with E-state index in [4.69, 9.17) is 4.74 Å². The minimum Gasteiger partial charge on any atom is -0.495 e. The molecule has 1 N–H and O–H groups in total. The van der Waals surface area contributed by atoms with Crippen LogP contribution in [0.5, 0.6) is 5.75 Å². The largest absolute Gasteiger partial charge is 0.495 e. The van der Waals surface area contributed by atoms with E-state index in [-0.39, 0.29) is 0 Å². The summed E-state index contributed by atoms with van der Waals surface area (Å²) in [5.41, 5.74) is -2.13. The van der Waals surface area contributed by atoms with Crippen molar-refractivity contribution in [3.05, 3.63) is 24.3 Å². The van der Waals surface area contributed by atoms with Gasteiger partial charge in [-0.15, -0.1) is 0 Å². The first-order chi connectivity index (χ1) is 11.2. The number of methoxy groups -OCH3 is 1. The number of benzene rings is 1. The van der Waals surface area contributed by atoms with Crippen molar-refractivity contribution < 1.29 is 27.8 Å². The first-order valence-electron chi connectivity index (χ1n) is 7.60. The molecule has 1 amide bonds. The number of ether oxygens (including phenoxy) is 1. The zero-order valence-corrected chi connectivity index (χ0v) is 13.6. The molecule has 1 aliphatic rings. The number of para-hydroxylation sites is 2. The number of nitrogens with zero attached hydrogens (tertiary/aromatic N) is 2. The molecule has 1 aromatic carbocycles. The third kappa shape index (κ3) is 3.92. The third-order valence-corrected chi connectivity index (χ3v) is 4.16. The summed E-state index contributed by atoms with van der Waals surface area (Å²) in [5.74, 6) is 0.00860. The first-order valence-corrected chi connectivity index (χ1v) is 7.60. The molecule has 1 fully saturated rings. The second-order valence-corrected chi connectivity index (χ2v) is 5.99. The van der Waals surface area contributed by atoms with Crippen LogP contribution in [0, 0.1) is 0 Å². The SMILES string of the molecule is COc1ccccc1N1CCN(C(=O)C[C@](C)(O)C(F)(F)F)CC1. The topological polar surface area (TPSA) is 53.0 Å². The van der Waals surface area contributed by atoms with Gasteiger partial charge in [0.05, 0.1) is 19.2 Å². The van der Waals surface area contributed by atoms with Gasteiger partial charge in [0.15, 0.2) is 5.60 Å². The van der Waals surface area contributed by atoms with Crippen molar-refractivity contribution in [3.8, 4) is 5.75 Å². The van der Waals surface area contributed by atoms with Gasteiger partial charge in [-0.3, -0.25) is 4.79 Å². The highest BCUT2D eigenvalue weighted by Gasteiger charge is 2.51. The lowest BCUT2D eigenvalue weighted by molar-refractivity contribution is -0.254. The van der Waals surface area contributed by atoms with Gasteiger partial charge in [-0.05, 0) is 19.1 Å². The summed E-state index contributed by atoms with van der Waals surface area (Å²) in [4.78, 5) is 15.4. The predicted octanol–water partition coefficient (Wildman–Crippen LogP) is 2.05. The highest BCUT2D eigenvalue weighted by molar-refractivity contribution is 5.77. The van der Waals surface area contributed by atoms with Gasteiger partial charge in [0, 0.05) is 26.2 Å². The number of anilines is 1. The number of hydrogen-bond acceptors (Lipinski definition) is 4. The number of alkyl halides is 3. The van der Waals surface area contributed by atoms with E-state index in [1.807, 2.05) is 29.2 Å². The van der Waals surface area contributed by atoms with Crippen molar-refractivity contribution in [1.29, 1.82) is 0 Å². The van der Waals surface area contributed by atoms with Crippen LogP contribution in [0.25, 0.3) is 0 Å². The van der Waals surface area contributed by atoms with E-state index in [0.29, 0.717) is 38.9 Å². The van der Waals surface area contributed by atoms with Crippen molar-refractivity contribution in [2.45, 2.75) is 25.1 Å². The fourth-order valence-electron chi connectivity index (χ4n) is 2.59. The van der Waals surface area contributed by atoms with Crippen LogP contribution in [-0.4, -0.2) is 61.0 Å². The van der Waals surface area contributed by atoms with Gasteiger partial charge >= 0.3 is 6.18 Å². The second-order valence-electron chi connectivity index (χ2n) is 5.99. The Hall–Kier alpha value is -1.96. The van der Waals surface area contributed by atoms with Crippen LogP contribution in [-0.2, 0) is 4.79 Å². The van der Waals surface area contributed by atoms with Gasteiger partial charge in [-0.25, -0.2) is 0 Å². The summed E-state index contributed by atoms with van der Waals surface area (Å²) < 4.78 is 43.4. The molecule has 5 nitrogen and oxygen atoms in total. The minimum absolute atomic E-state index is 0.296. The second kappa shape index (κ2) is 6.88. The predicted molar refractivity (Wildman–Crippen MR) is 83.1 cm³/mol. The molecule has 1 heterocycles. The summed E-state index contributed by atoms with van der Waals surface area (Å²) in [6.07, 6.45) is -5.80. The summed E-state index contributed by atoms with van der Waals surface area (Å²) in [7, 11) is 1.57. The maximum absolute atomic E-state index is 12.7. The maximum Gasteiger partial charge on any atom is 0.417 e. The fourth-order valence-corrected chi connectivity index (χ4v) is 2.59. The van der Waals surface area contributed by atoms with Crippen LogP contribution in [0.4, 0.5) is 18.9 Å². The van der Waals surface area contributed by atoms with E-state index in [9.17, 15) is 23.1 Å². The molecule has 134 valence electrons. The molecule has 24 heavy (non-hydrogen) atoms. The Labute approximate surface area is 138 Å². The number of piperazine rings is 1. The van der Waals surface area contributed by atoms with Crippen molar-refractivity contribution in [2.24, 2.45) is 0 Å². The molecular weight excluding hydrogens is 325 g/mol. The van der Waals surface area contributed by atoms with Crippen LogP contribution < -0.4 is 9.64 Å². The van der Waals surface area contributed by atoms with E-state index < -0.39 is 24.1 Å². The van der Waals surface area contributed by atoms with E-state index >= 15 is 0 Å². The zero-order valence-electron chi connectivity index (χ0n) is 13.6. The molecule has 2 rings (SSSR count). The van der Waals surface area contributed by atoms with E-state index in [2.05, 4.69) is 0 Å². The average molecular weight is 346 g/mol. The lowest BCUT2D eigenvalue weighted by Crippen LogP contribution is -2.52. The van der Waals surface area contributed by atoms with Crippen molar-refractivity contribution in [1.82, 2.24) is 4.90 Å². The molecule has 8 heteroatoms.